The fourth-order valence-corrected chi connectivity index (χ4v) is 2.80. The average Bonchev–Trinajstić information content (AvgIpc) is 2.67. The Kier molecular flexibility index (Phi) is 7.29. The molecule has 0 aliphatic rings. The lowest BCUT2D eigenvalue weighted by Crippen LogP contribution is -2.14. The number of hydrogen-bond donors (Lipinski definition) is 1. The molecule has 0 heterocycles. The smallest absolute Gasteiger partial charge is 0.416 e. The first kappa shape index (κ1) is 22.3. The van der Waals surface area contributed by atoms with Crippen molar-refractivity contribution in [1.82, 2.24) is 0 Å². The predicted octanol–water partition coefficient (Wildman–Crippen LogP) is 5.42. The van der Waals surface area contributed by atoms with E-state index in [0.29, 0.717) is 28.1 Å². The molecule has 29 heavy (non-hydrogen) atoms. The minimum absolute atomic E-state index is 0.0747. The molecule has 1 amide bonds. The molecule has 0 fully saturated rings. The topological polar surface area (TPSA) is 71.3 Å². The van der Waals surface area contributed by atoms with Crippen molar-refractivity contribution in [2.45, 2.75) is 13.1 Å². The van der Waals surface area contributed by atoms with Crippen molar-refractivity contribution >= 4 is 33.6 Å². The number of nitrogens with one attached hydrogen (secondary N) is 1. The Balaban J connectivity index is 2.33. The molecule has 2 aromatic carbocycles. The molecule has 9 heteroatoms. The molecule has 0 radical (unpaired) electrons. The lowest BCUT2D eigenvalue weighted by Gasteiger charge is -2.12. The summed E-state index contributed by atoms with van der Waals surface area (Å²) in [7, 11) is 1.45. The number of alkyl halides is 3. The molecule has 152 valence electrons. The number of carbonyl (C=O) groups is 1. The highest BCUT2D eigenvalue weighted by Crippen LogP contribution is 2.35. The van der Waals surface area contributed by atoms with Crippen LogP contribution in [0.2, 0.25) is 0 Å². The van der Waals surface area contributed by atoms with Gasteiger partial charge in [0.1, 0.15) is 11.6 Å². The second kappa shape index (κ2) is 9.47. The Bertz CT molecular complexity index is 982. The highest BCUT2D eigenvalue weighted by atomic mass is 79.9. The molecule has 0 spiro atoms. The van der Waals surface area contributed by atoms with Crippen molar-refractivity contribution < 1.29 is 27.4 Å². The number of amides is 1. The quantitative estimate of drug-likeness (QED) is 0.453. The Morgan fingerprint density at radius 3 is 2.59 bits per heavy atom. The molecule has 0 bridgehead atoms. The van der Waals surface area contributed by atoms with Gasteiger partial charge in [0.2, 0.25) is 0 Å². The van der Waals surface area contributed by atoms with E-state index in [9.17, 15) is 23.2 Å². The van der Waals surface area contributed by atoms with Gasteiger partial charge in [-0.3, -0.25) is 4.79 Å². The summed E-state index contributed by atoms with van der Waals surface area (Å²) in [5.74, 6) is 0.0365. The Hall–Kier alpha value is -2.99. The van der Waals surface area contributed by atoms with Crippen LogP contribution >= 0.6 is 15.9 Å². The number of halogens is 4. The summed E-state index contributed by atoms with van der Waals surface area (Å²) in [5, 5.41) is 11.6. The van der Waals surface area contributed by atoms with Crippen molar-refractivity contribution in [3.8, 4) is 17.6 Å². The summed E-state index contributed by atoms with van der Waals surface area (Å²) in [6.45, 7) is 2.23. The van der Waals surface area contributed by atoms with Crippen molar-refractivity contribution in [3.05, 3.63) is 57.6 Å². The van der Waals surface area contributed by atoms with Gasteiger partial charge in [-0.15, -0.1) is 0 Å². The second-order valence-electron chi connectivity index (χ2n) is 5.66. The molecule has 0 saturated heterocycles. The monoisotopic (exact) mass is 468 g/mol. The number of nitrogens with zero attached hydrogens (tertiary/aromatic N) is 1. The largest absolute Gasteiger partial charge is 0.493 e. The van der Waals surface area contributed by atoms with E-state index in [4.69, 9.17) is 9.47 Å². The summed E-state index contributed by atoms with van der Waals surface area (Å²) in [6.07, 6.45) is -3.25. The SMILES string of the molecule is CCOc1cc(Br)c(/C=C(/C#N)C(=O)Nc2cccc(C(F)(F)F)c2)cc1OC. The van der Waals surface area contributed by atoms with E-state index in [1.807, 2.05) is 6.92 Å². The maximum absolute atomic E-state index is 12.8. The fraction of sp³-hybridized carbons (Fsp3) is 0.200. The number of methoxy groups -OCH3 is 1. The summed E-state index contributed by atoms with van der Waals surface area (Å²) < 4.78 is 49.7. The van der Waals surface area contributed by atoms with Gasteiger partial charge in [0, 0.05) is 10.2 Å². The van der Waals surface area contributed by atoms with Crippen LogP contribution in [0.4, 0.5) is 18.9 Å². The second-order valence-corrected chi connectivity index (χ2v) is 6.51. The third-order valence-corrected chi connectivity index (χ3v) is 4.38. The number of nitriles is 1. The van der Waals surface area contributed by atoms with Crippen LogP contribution < -0.4 is 14.8 Å². The lowest BCUT2D eigenvalue weighted by atomic mass is 10.1. The van der Waals surface area contributed by atoms with Crippen molar-refractivity contribution in [3.63, 3.8) is 0 Å². The van der Waals surface area contributed by atoms with E-state index in [1.165, 1.54) is 25.3 Å². The van der Waals surface area contributed by atoms with Crippen LogP contribution in [0.25, 0.3) is 6.08 Å². The molecule has 0 aromatic heterocycles. The van der Waals surface area contributed by atoms with Crippen molar-refractivity contribution in [2.75, 3.05) is 19.0 Å². The fourth-order valence-electron chi connectivity index (χ4n) is 2.37. The van der Waals surface area contributed by atoms with Gasteiger partial charge >= 0.3 is 6.18 Å². The average molecular weight is 469 g/mol. The molecular formula is C20H16BrF3N2O3. The highest BCUT2D eigenvalue weighted by Gasteiger charge is 2.30. The Morgan fingerprint density at radius 1 is 1.28 bits per heavy atom. The minimum atomic E-state index is -4.54. The van der Waals surface area contributed by atoms with Crippen LogP contribution in [0.1, 0.15) is 18.1 Å². The van der Waals surface area contributed by atoms with Gasteiger partial charge in [-0.2, -0.15) is 18.4 Å². The molecule has 0 unspecified atom stereocenters. The number of benzene rings is 2. The Morgan fingerprint density at radius 2 is 2.00 bits per heavy atom. The number of ether oxygens (including phenoxy) is 2. The predicted molar refractivity (Wildman–Crippen MR) is 106 cm³/mol. The first-order chi connectivity index (χ1) is 13.7. The molecule has 5 nitrogen and oxygen atoms in total. The van der Waals surface area contributed by atoms with Crippen LogP contribution in [0.15, 0.2) is 46.4 Å². The molecular weight excluding hydrogens is 453 g/mol. The first-order valence-electron chi connectivity index (χ1n) is 8.30. The van der Waals surface area contributed by atoms with E-state index in [1.54, 1.807) is 18.2 Å². The van der Waals surface area contributed by atoms with Gasteiger partial charge in [-0.25, -0.2) is 0 Å². The molecule has 0 atom stereocenters. The van der Waals surface area contributed by atoms with E-state index in [-0.39, 0.29) is 11.3 Å². The third kappa shape index (κ3) is 5.74. The summed E-state index contributed by atoms with van der Waals surface area (Å²) in [6, 6.07) is 9.12. The summed E-state index contributed by atoms with van der Waals surface area (Å²) in [4.78, 5) is 12.4. The van der Waals surface area contributed by atoms with Gasteiger partial charge in [-0.1, -0.05) is 22.0 Å². The number of rotatable bonds is 6. The lowest BCUT2D eigenvalue weighted by molar-refractivity contribution is -0.137. The maximum atomic E-state index is 12.8. The van der Waals surface area contributed by atoms with Crippen LogP contribution in [0.3, 0.4) is 0 Å². The standard InChI is InChI=1S/C20H16BrF3N2O3/c1-3-29-18-10-16(21)12(8-17(18)28-2)7-13(11-25)19(27)26-15-6-4-5-14(9-15)20(22,23)24/h4-10H,3H2,1-2H3,(H,26,27)/b13-7-. The zero-order valence-corrected chi connectivity index (χ0v) is 17.0. The van der Waals surface area contributed by atoms with Gasteiger partial charge in [-0.05, 0) is 48.9 Å². The highest BCUT2D eigenvalue weighted by molar-refractivity contribution is 9.10. The maximum Gasteiger partial charge on any atom is 0.416 e. The van der Waals surface area contributed by atoms with Gasteiger partial charge in [0.15, 0.2) is 11.5 Å². The number of hydrogen-bond acceptors (Lipinski definition) is 4. The van der Waals surface area contributed by atoms with Gasteiger partial charge in [0.05, 0.1) is 19.3 Å². The first-order valence-corrected chi connectivity index (χ1v) is 9.09. The van der Waals surface area contributed by atoms with Crippen molar-refractivity contribution in [1.29, 1.82) is 5.26 Å². The minimum Gasteiger partial charge on any atom is -0.493 e. The van der Waals surface area contributed by atoms with E-state index in [2.05, 4.69) is 21.2 Å². The van der Waals surface area contributed by atoms with Crippen LogP contribution in [-0.4, -0.2) is 19.6 Å². The Labute approximate surface area is 173 Å². The van der Waals surface area contributed by atoms with E-state index >= 15 is 0 Å². The van der Waals surface area contributed by atoms with E-state index < -0.39 is 17.6 Å². The van der Waals surface area contributed by atoms with Gasteiger partial charge in [0.25, 0.3) is 5.91 Å². The number of carbonyl (C=O) groups excluding carboxylic acids is 1. The van der Waals surface area contributed by atoms with Crippen LogP contribution in [0, 0.1) is 11.3 Å². The zero-order valence-electron chi connectivity index (χ0n) is 15.4. The summed E-state index contributed by atoms with van der Waals surface area (Å²) in [5.41, 5.74) is -0.818. The van der Waals surface area contributed by atoms with Crippen molar-refractivity contribution in [2.24, 2.45) is 0 Å². The molecule has 1 N–H and O–H groups in total. The summed E-state index contributed by atoms with van der Waals surface area (Å²) >= 11 is 3.34. The normalized spacial score (nSPS) is 11.6. The zero-order chi connectivity index (χ0) is 21.6. The number of anilines is 1. The third-order valence-electron chi connectivity index (χ3n) is 3.70. The van der Waals surface area contributed by atoms with Gasteiger partial charge < -0.3 is 14.8 Å². The molecule has 2 aromatic rings. The van der Waals surface area contributed by atoms with Crippen LogP contribution in [0.5, 0.6) is 11.5 Å². The molecule has 0 aliphatic carbocycles. The van der Waals surface area contributed by atoms with E-state index in [0.717, 1.165) is 12.1 Å². The molecule has 0 saturated carbocycles. The molecule has 0 aliphatic heterocycles. The molecule has 2 rings (SSSR count). The van der Waals surface area contributed by atoms with Crippen LogP contribution in [-0.2, 0) is 11.0 Å².